The van der Waals surface area contributed by atoms with Gasteiger partial charge in [-0.3, -0.25) is 9.69 Å². The summed E-state index contributed by atoms with van der Waals surface area (Å²) in [5.74, 6) is 0.231. The van der Waals surface area contributed by atoms with Crippen LogP contribution in [-0.4, -0.2) is 20.0 Å². The maximum absolute atomic E-state index is 13.6. The number of hydrogen-bond donors (Lipinski definition) is 1. The first kappa shape index (κ1) is 22.4. The topological polar surface area (TPSA) is 88.6 Å². The molecule has 2 aromatic carbocycles. The molecule has 0 bridgehead atoms. The molecule has 2 aromatic rings. The molecule has 1 aliphatic carbocycles. The molecular formula is C26H26FN3O3. The number of carbonyl (C=O) groups is 1. The molecule has 6 nitrogen and oxygen atoms in total. The zero-order valence-corrected chi connectivity index (χ0v) is 19.1. The van der Waals surface area contributed by atoms with Crippen LogP contribution in [0.15, 0.2) is 65.1 Å². The number of benzene rings is 2. The van der Waals surface area contributed by atoms with E-state index >= 15 is 0 Å². The summed E-state index contributed by atoms with van der Waals surface area (Å²) in [6.07, 6.45) is 0.913. The Morgan fingerprint density at radius 2 is 1.82 bits per heavy atom. The summed E-state index contributed by atoms with van der Waals surface area (Å²) >= 11 is 0. The van der Waals surface area contributed by atoms with Gasteiger partial charge in [0.2, 0.25) is 0 Å². The molecule has 2 N–H and O–H groups in total. The number of ether oxygens (including phenoxy) is 2. The smallest absolute Gasteiger partial charge is 0.162 e. The second kappa shape index (κ2) is 8.28. The minimum atomic E-state index is -0.658. The van der Waals surface area contributed by atoms with Gasteiger partial charge in [0.1, 0.15) is 23.1 Å². The fraction of sp³-hybridized carbons (Fsp3) is 0.308. The van der Waals surface area contributed by atoms with Crippen LogP contribution in [-0.2, 0) is 4.79 Å². The highest BCUT2D eigenvalue weighted by Gasteiger charge is 2.45. The quantitative estimate of drug-likeness (QED) is 0.725. The molecule has 0 aromatic heterocycles. The first-order valence-electron chi connectivity index (χ1n) is 10.6. The van der Waals surface area contributed by atoms with Crippen LogP contribution < -0.4 is 20.1 Å². The molecule has 2 aliphatic rings. The average Bonchev–Trinajstić information content (AvgIpc) is 2.78. The highest BCUT2D eigenvalue weighted by atomic mass is 19.1. The predicted octanol–water partition coefficient (Wildman–Crippen LogP) is 4.78. The number of rotatable bonds is 4. The Labute approximate surface area is 192 Å². The lowest BCUT2D eigenvalue weighted by Gasteiger charge is -2.44. The number of Topliss-reactive ketones (excluding diaryl/α,β-unsaturated/α-hetero) is 1. The van der Waals surface area contributed by atoms with E-state index in [9.17, 15) is 14.4 Å². The number of halogens is 1. The third kappa shape index (κ3) is 3.82. The first-order valence-corrected chi connectivity index (χ1v) is 10.6. The Morgan fingerprint density at radius 3 is 2.42 bits per heavy atom. The van der Waals surface area contributed by atoms with Crippen molar-refractivity contribution in [2.75, 3.05) is 19.1 Å². The lowest BCUT2D eigenvalue weighted by Crippen LogP contribution is -2.42. The highest BCUT2D eigenvalue weighted by molar-refractivity contribution is 6.01. The molecule has 0 radical (unpaired) electrons. The summed E-state index contributed by atoms with van der Waals surface area (Å²) in [4.78, 5) is 15.3. The van der Waals surface area contributed by atoms with Crippen molar-refractivity contribution in [3.8, 4) is 17.6 Å². The normalized spacial score (nSPS) is 19.8. The van der Waals surface area contributed by atoms with Crippen LogP contribution in [0.5, 0.6) is 11.5 Å². The summed E-state index contributed by atoms with van der Waals surface area (Å²) in [5.41, 5.74) is 9.08. The Hall–Kier alpha value is -3.79. The van der Waals surface area contributed by atoms with Gasteiger partial charge in [0, 0.05) is 23.8 Å². The van der Waals surface area contributed by atoms with Crippen LogP contribution in [0.4, 0.5) is 10.1 Å². The van der Waals surface area contributed by atoms with Crippen molar-refractivity contribution in [3.05, 3.63) is 76.5 Å². The summed E-state index contributed by atoms with van der Waals surface area (Å²) < 4.78 is 24.6. The van der Waals surface area contributed by atoms with Crippen molar-refractivity contribution >= 4 is 11.5 Å². The number of hydrogen-bond acceptors (Lipinski definition) is 6. The minimum absolute atomic E-state index is 0.0479. The van der Waals surface area contributed by atoms with Crippen LogP contribution in [0.3, 0.4) is 0 Å². The maximum Gasteiger partial charge on any atom is 0.162 e. The maximum atomic E-state index is 13.6. The van der Waals surface area contributed by atoms with Gasteiger partial charge in [0.05, 0.1) is 37.5 Å². The monoisotopic (exact) mass is 447 g/mol. The van der Waals surface area contributed by atoms with E-state index < -0.39 is 5.92 Å². The Morgan fingerprint density at radius 1 is 1.12 bits per heavy atom. The van der Waals surface area contributed by atoms with E-state index in [1.165, 1.54) is 12.1 Å². The number of allylic oxidation sites excluding steroid dienone is 3. The van der Waals surface area contributed by atoms with E-state index in [1.54, 1.807) is 49.5 Å². The number of carbonyl (C=O) groups excluding carboxylic acids is 1. The minimum Gasteiger partial charge on any atom is -0.497 e. The van der Waals surface area contributed by atoms with Gasteiger partial charge < -0.3 is 15.2 Å². The molecule has 1 aliphatic heterocycles. The fourth-order valence-electron chi connectivity index (χ4n) is 4.74. The molecule has 0 saturated carbocycles. The lowest BCUT2D eigenvalue weighted by atomic mass is 9.68. The van der Waals surface area contributed by atoms with E-state index in [-0.39, 0.29) is 28.4 Å². The van der Waals surface area contributed by atoms with Gasteiger partial charge in [-0.25, -0.2) is 4.39 Å². The molecule has 1 heterocycles. The van der Waals surface area contributed by atoms with Crippen molar-refractivity contribution in [2.45, 2.75) is 32.6 Å². The summed E-state index contributed by atoms with van der Waals surface area (Å²) in [5, 5.41) is 10.1. The molecule has 1 atom stereocenters. The number of methoxy groups -OCH3 is 2. The molecule has 4 rings (SSSR count). The van der Waals surface area contributed by atoms with Crippen LogP contribution in [0, 0.1) is 22.6 Å². The molecule has 7 heteroatoms. The number of ketones is 1. The third-order valence-corrected chi connectivity index (χ3v) is 6.21. The van der Waals surface area contributed by atoms with Crippen LogP contribution in [0.25, 0.3) is 0 Å². The summed E-state index contributed by atoms with van der Waals surface area (Å²) in [6.45, 7) is 4.06. The number of nitrogens with two attached hydrogens (primary N) is 1. The SMILES string of the molecule is COc1ccc(N2C(N)=C(C#N)[C@@H](c3ccc(F)cc3)C3=C2CC(C)(C)CC3=O)c(OC)c1. The molecule has 0 unspecified atom stereocenters. The molecule has 0 fully saturated rings. The zero-order chi connectivity index (χ0) is 23.9. The van der Waals surface area contributed by atoms with Gasteiger partial charge in [-0.05, 0) is 41.7 Å². The van der Waals surface area contributed by atoms with Crippen LogP contribution in [0.2, 0.25) is 0 Å². The average molecular weight is 448 g/mol. The fourth-order valence-corrected chi connectivity index (χ4v) is 4.74. The molecule has 33 heavy (non-hydrogen) atoms. The van der Waals surface area contributed by atoms with Crippen molar-refractivity contribution in [2.24, 2.45) is 11.1 Å². The van der Waals surface area contributed by atoms with E-state index in [4.69, 9.17) is 15.2 Å². The van der Waals surface area contributed by atoms with E-state index in [2.05, 4.69) is 6.07 Å². The van der Waals surface area contributed by atoms with Gasteiger partial charge in [-0.1, -0.05) is 26.0 Å². The van der Waals surface area contributed by atoms with Gasteiger partial charge in [-0.15, -0.1) is 0 Å². The number of nitrogens with zero attached hydrogens (tertiary/aromatic N) is 2. The number of nitriles is 1. The van der Waals surface area contributed by atoms with Crippen molar-refractivity contribution in [1.29, 1.82) is 5.26 Å². The highest BCUT2D eigenvalue weighted by Crippen LogP contribution is 2.51. The molecular weight excluding hydrogens is 421 g/mol. The zero-order valence-electron chi connectivity index (χ0n) is 19.1. The Balaban J connectivity index is 2.01. The van der Waals surface area contributed by atoms with Gasteiger partial charge in [0.25, 0.3) is 0 Å². The second-order valence-electron chi connectivity index (χ2n) is 9.07. The predicted molar refractivity (Wildman–Crippen MR) is 123 cm³/mol. The molecule has 0 saturated heterocycles. The van der Waals surface area contributed by atoms with Crippen molar-refractivity contribution < 1.29 is 18.7 Å². The van der Waals surface area contributed by atoms with Gasteiger partial charge >= 0.3 is 0 Å². The summed E-state index contributed by atoms with van der Waals surface area (Å²) in [6, 6.07) is 13.4. The van der Waals surface area contributed by atoms with Crippen LogP contribution >= 0.6 is 0 Å². The van der Waals surface area contributed by atoms with Gasteiger partial charge in [-0.2, -0.15) is 5.26 Å². The summed E-state index contributed by atoms with van der Waals surface area (Å²) in [7, 11) is 3.10. The Bertz CT molecular complexity index is 1220. The largest absolute Gasteiger partial charge is 0.497 e. The van der Waals surface area contributed by atoms with Crippen molar-refractivity contribution in [1.82, 2.24) is 0 Å². The Kier molecular flexibility index (Phi) is 5.62. The first-order chi connectivity index (χ1) is 15.7. The van der Waals surface area contributed by atoms with Gasteiger partial charge in [0.15, 0.2) is 5.78 Å². The standard InChI is InChI=1S/C26H26FN3O3/c1-26(2)12-20-24(21(31)13-26)23(15-5-7-16(27)8-6-15)18(14-28)25(29)30(20)19-10-9-17(32-3)11-22(19)33-4/h5-11,23H,12-13,29H2,1-4H3/t23-/m1/s1. The van der Waals surface area contributed by atoms with E-state index in [0.717, 1.165) is 5.70 Å². The van der Waals surface area contributed by atoms with E-state index in [0.29, 0.717) is 41.2 Å². The molecule has 0 amide bonds. The lowest BCUT2D eigenvalue weighted by molar-refractivity contribution is -0.118. The second-order valence-corrected chi connectivity index (χ2v) is 9.07. The third-order valence-electron chi connectivity index (χ3n) is 6.21. The van der Waals surface area contributed by atoms with Crippen molar-refractivity contribution in [3.63, 3.8) is 0 Å². The number of anilines is 1. The molecule has 0 spiro atoms. The molecule has 170 valence electrons. The van der Waals surface area contributed by atoms with E-state index in [1.807, 2.05) is 13.8 Å². The van der Waals surface area contributed by atoms with Crippen LogP contribution in [0.1, 0.15) is 38.2 Å².